The molecule has 18 heavy (non-hydrogen) atoms. The molecule has 102 valence electrons. The Morgan fingerprint density at radius 2 is 1.83 bits per heavy atom. The van der Waals surface area contributed by atoms with Crippen LogP contribution < -0.4 is 11.1 Å². The van der Waals surface area contributed by atoms with Crippen LogP contribution in [0.15, 0.2) is 0 Å². The van der Waals surface area contributed by atoms with Crippen LogP contribution in [-0.4, -0.2) is 66.2 Å². The lowest BCUT2D eigenvalue weighted by Gasteiger charge is -2.21. The number of thiocarbonyl (C=S) groups is 1. The van der Waals surface area contributed by atoms with Gasteiger partial charge >= 0.3 is 11.8 Å². The number of hydrogen-bond acceptors (Lipinski definition) is 4. The van der Waals surface area contributed by atoms with Gasteiger partial charge in [0, 0.05) is 20.6 Å². The van der Waals surface area contributed by atoms with E-state index in [2.05, 4.69) is 17.5 Å². The van der Waals surface area contributed by atoms with E-state index in [-0.39, 0.29) is 30.5 Å². The van der Waals surface area contributed by atoms with Gasteiger partial charge in [0.1, 0.15) is 6.54 Å². The zero-order valence-electron chi connectivity index (χ0n) is 10.7. The summed E-state index contributed by atoms with van der Waals surface area (Å²) in [6.07, 6.45) is 0. The molecule has 7 nitrogen and oxygen atoms in total. The molecule has 0 aromatic rings. The van der Waals surface area contributed by atoms with Gasteiger partial charge < -0.3 is 20.9 Å². The van der Waals surface area contributed by atoms with E-state index in [4.69, 9.17) is 5.73 Å². The lowest BCUT2D eigenvalue weighted by Crippen LogP contribution is -2.48. The minimum absolute atomic E-state index is 0.0426. The third-order valence-corrected chi connectivity index (χ3v) is 2.26. The fourth-order valence-corrected chi connectivity index (χ4v) is 1.09. The molecule has 0 bridgehead atoms. The van der Waals surface area contributed by atoms with Crippen molar-refractivity contribution in [2.45, 2.75) is 6.92 Å². The molecule has 3 N–H and O–H groups in total. The third kappa shape index (κ3) is 5.58. The van der Waals surface area contributed by atoms with Gasteiger partial charge in [-0.05, 0) is 6.92 Å². The van der Waals surface area contributed by atoms with Crippen molar-refractivity contribution < 1.29 is 14.4 Å². The number of nitrogens with two attached hydrogens (primary N) is 1. The van der Waals surface area contributed by atoms with E-state index in [1.54, 1.807) is 21.0 Å². The van der Waals surface area contributed by atoms with Crippen LogP contribution >= 0.6 is 12.2 Å². The number of nitrogens with one attached hydrogen (secondary N) is 1. The molecule has 0 aliphatic carbocycles. The van der Waals surface area contributed by atoms with Gasteiger partial charge in [0.05, 0.1) is 11.5 Å². The average molecular weight is 274 g/mol. The van der Waals surface area contributed by atoms with Crippen LogP contribution in [-0.2, 0) is 14.4 Å². The smallest absolute Gasteiger partial charge is 0.312 e. The lowest BCUT2D eigenvalue weighted by molar-refractivity contribution is -0.147. The number of nitrogens with zero attached hydrogens (tertiary/aromatic N) is 2. The molecule has 0 radical (unpaired) electrons. The third-order valence-electron chi connectivity index (χ3n) is 2.11. The standard InChI is InChI=1S/C10H18N4O3S/c1-4-14(6-8(15)13(2)3)10(17)9(16)12-5-7(11)18/h4-6H2,1-3H3,(H2,11,18)(H,12,16). The van der Waals surface area contributed by atoms with Gasteiger partial charge in [0.25, 0.3) is 0 Å². The number of carbonyl (C=O) groups excluding carboxylic acids is 3. The van der Waals surface area contributed by atoms with Crippen LogP contribution in [0, 0.1) is 0 Å². The molecule has 0 rings (SSSR count). The molecule has 0 unspecified atom stereocenters. The van der Waals surface area contributed by atoms with Crippen LogP contribution in [0.3, 0.4) is 0 Å². The highest BCUT2D eigenvalue weighted by molar-refractivity contribution is 7.80. The van der Waals surface area contributed by atoms with Gasteiger partial charge in [-0.3, -0.25) is 14.4 Å². The van der Waals surface area contributed by atoms with Crippen molar-refractivity contribution in [3.8, 4) is 0 Å². The molecule has 0 heterocycles. The average Bonchev–Trinajstić information content (AvgIpc) is 2.31. The van der Waals surface area contributed by atoms with Gasteiger partial charge in [-0.2, -0.15) is 0 Å². The van der Waals surface area contributed by atoms with Crippen molar-refractivity contribution in [2.24, 2.45) is 5.73 Å². The maximum Gasteiger partial charge on any atom is 0.312 e. The van der Waals surface area contributed by atoms with Crippen molar-refractivity contribution >= 4 is 34.9 Å². The van der Waals surface area contributed by atoms with E-state index in [0.29, 0.717) is 0 Å². The summed E-state index contributed by atoms with van der Waals surface area (Å²) in [6.45, 7) is 1.77. The monoisotopic (exact) mass is 274 g/mol. The summed E-state index contributed by atoms with van der Waals surface area (Å²) in [6, 6.07) is 0. The van der Waals surface area contributed by atoms with Gasteiger partial charge in [0.2, 0.25) is 5.91 Å². The van der Waals surface area contributed by atoms with Crippen molar-refractivity contribution in [3.05, 3.63) is 0 Å². The van der Waals surface area contributed by atoms with Gasteiger partial charge in [0.15, 0.2) is 0 Å². The maximum atomic E-state index is 11.7. The van der Waals surface area contributed by atoms with Crippen molar-refractivity contribution in [2.75, 3.05) is 33.7 Å². The molecule has 0 saturated heterocycles. The SMILES string of the molecule is CCN(CC(=O)N(C)C)C(=O)C(=O)NCC(N)=S. The zero-order chi connectivity index (χ0) is 14.3. The molecule has 0 aliphatic rings. The van der Waals surface area contributed by atoms with Gasteiger partial charge in [-0.15, -0.1) is 0 Å². The minimum atomic E-state index is -0.823. The minimum Gasteiger partial charge on any atom is -0.392 e. The van der Waals surface area contributed by atoms with E-state index in [1.165, 1.54) is 4.90 Å². The Labute approximate surface area is 111 Å². The van der Waals surface area contributed by atoms with Crippen LogP contribution in [0.2, 0.25) is 0 Å². The predicted octanol–water partition coefficient (Wildman–Crippen LogP) is -1.67. The number of likely N-dealkylation sites (N-methyl/N-ethyl adjacent to an activating group) is 2. The molecule has 0 aromatic carbocycles. The molecule has 0 spiro atoms. The fourth-order valence-electron chi connectivity index (χ4n) is 1.02. The molecule has 0 aliphatic heterocycles. The Hall–Kier alpha value is -1.70. The van der Waals surface area contributed by atoms with Crippen molar-refractivity contribution in [3.63, 3.8) is 0 Å². The van der Waals surface area contributed by atoms with E-state index in [0.717, 1.165) is 4.90 Å². The summed E-state index contributed by atoms with van der Waals surface area (Å²) in [5, 5.41) is 2.28. The molecule has 8 heteroatoms. The second-order valence-corrected chi connectivity index (χ2v) is 4.28. The topological polar surface area (TPSA) is 95.7 Å². The van der Waals surface area contributed by atoms with Gasteiger partial charge in [-0.25, -0.2) is 0 Å². The van der Waals surface area contributed by atoms with E-state index >= 15 is 0 Å². The number of hydrogen-bond donors (Lipinski definition) is 2. The van der Waals surface area contributed by atoms with Crippen LogP contribution in [0.5, 0.6) is 0 Å². The van der Waals surface area contributed by atoms with E-state index in [1.807, 2.05) is 0 Å². The first-order chi connectivity index (χ1) is 8.29. The highest BCUT2D eigenvalue weighted by Crippen LogP contribution is 1.92. The number of amides is 3. The zero-order valence-corrected chi connectivity index (χ0v) is 11.5. The highest BCUT2D eigenvalue weighted by Gasteiger charge is 2.22. The number of carbonyl (C=O) groups is 3. The van der Waals surface area contributed by atoms with E-state index in [9.17, 15) is 14.4 Å². The summed E-state index contributed by atoms with van der Waals surface area (Å²) in [4.78, 5) is 37.2. The summed E-state index contributed by atoms with van der Waals surface area (Å²) in [5.41, 5.74) is 5.20. The molecule has 3 amide bonds. The first kappa shape index (κ1) is 16.3. The molecule has 0 fully saturated rings. The Kier molecular flexibility index (Phi) is 6.88. The predicted molar refractivity (Wildman–Crippen MR) is 70.7 cm³/mol. The highest BCUT2D eigenvalue weighted by atomic mass is 32.1. The summed E-state index contributed by atoms with van der Waals surface area (Å²) >= 11 is 4.58. The van der Waals surface area contributed by atoms with Crippen LogP contribution in [0.25, 0.3) is 0 Å². The Balaban J connectivity index is 4.47. The quantitative estimate of drug-likeness (QED) is 0.461. The first-order valence-electron chi connectivity index (χ1n) is 5.35. The Morgan fingerprint density at radius 1 is 1.28 bits per heavy atom. The molecular formula is C10H18N4O3S. The molecule has 0 atom stereocenters. The second-order valence-electron chi connectivity index (χ2n) is 3.76. The number of rotatable bonds is 5. The van der Waals surface area contributed by atoms with Crippen LogP contribution in [0.4, 0.5) is 0 Å². The largest absolute Gasteiger partial charge is 0.392 e. The Bertz CT molecular complexity index is 357. The molecule has 0 saturated carbocycles. The molecular weight excluding hydrogens is 256 g/mol. The molecule has 0 aromatic heterocycles. The van der Waals surface area contributed by atoms with Crippen LogP contribution in [0.1, 0.15) is 6.92 Å². The van der Waals surface area contributed by atoms with Crippen molar-refractivity contribution in [1.29, 1.82) is 0 Å². The normalized spacial score (nSPS) is 9.50. The summed E-state index contributed by atoms with van der Waals surface area (Å²) in [7, 11) is 3.15. The Morgan fingerprint density at radius 3 is 2.22 bits per heavy atom. The first-order valence-corrected chi connectivity index (χ1v) is 5.76. The second kappa shape index (κ2) is 7.59. The maximum absolute atomic E-state index is 11.7. The van der Waals surface area contributed by atoms with Crippen molar-refractivity contribution in [1.82, 2.24) is 15.1 Å². The summed E-state index contributed by atoms with van der Waals surface area (Å²) in [5.74, 6) is -1.85. The van der Waals surface area contributed by atoms with Gasteiger partial charge in [-0.1, -0.05) is 12.2 Å². The fraction of sp³-hybridized carbons (Fsp3) is 0.600. The lowest BCUT2D eigenvalue weighted by atomic mass is 10.4. The summed E-state index contributed by atoms with van der Waals surface area (Å²) < 4.78 is 0. The van der Waals surface area contributed by atoms with E-state index < -0.39 is 11.8 Å².